The average molecular weight is 286 g/mol. The van der Waals surface area contributed by atoms with Crippen molar-refractivity contribution in [1.82, 2.24) is 9.80 Å². The van der Waals surface area contributed by atoms with Gasteiger partial charge in [-0.15, -0.1) is 0 Å². The summed E-state index contributed by atoms with van der Waals surface area (Å²) in [6, 6.07) is 0. The summed E-state index contributed by atoms with van der Waals surface area (Å²) in [5.74, 6) is -0.529. The molecule has 19 heavy (non-hydrogen) atoms. The summed E-state index contributed by atoms with van der Waals surface area (Å²) in [6.45, 7) is 2.08. The number of hydrogen-bond donors (Lipinski definition) is 1. The minimum atomic E-state index is -0.830. The molecular weight excluding hydrogens is 268 g/mol. The van der Waals surface area contributed by atoms with Crippen LogP contribution in [0.5, 0.6) is 0 Å². The van der Waals surface area contributed by atoms with Gasteiger partial charge < -0.3 is 14.9 Å². The van der Waals surface area contributed by atoms with E-state index in [1.54, 1.807) is 9.80 Å². The lowest BCUT2D eigenvalue weighted by Gasteiger charge is -2.31. The maximum Gasteiger partial charge on any atom is 0.308 e. The van der Waals surface area contributed by atoms with Crippen LogP contribution in [-0.4, -0.2) is 64.0 Å². The highest BCUT2D eigenvalue weighted by molar-refractivity contribution is 8.13. The average Bonchev–Trinajstić information content (AvgIpc) is 2.81. The largest absolute Gasteiger partial charge is 0.481 e. The van der Waals surface area contributed by atoms with Crippen molar-refractivity contribution in [3.05, 3.63) is 0 Å². The van der Waals surface area contributed by atoms with Gasteiger partial charge >= 0.3 is 5.97 Å². The molecule has 0 radical (unpaired) electrons. The van der Waals surface area contributed by atoms with Gasteiger partial charge in [-0.25, -0.2) is 0 Å². The van der Waals surface area contributed by atoms with Gasteiger partial charge in [-0.2, -0.15) is 0 Å². The highest BCUT2D eigenvalue weighted by atomic mass is 32.2. The van der Waals surface area contributed by atoms with Gasteiger partial charge in [0.1, 0.15) is 0 Å². The highest BCUT2D eigenvalue weighted by Gasteiger charge is 2.29. The van der Waals surface area contributed by atoms with E-state index in [1.807, 2.05) is 0 Å². The van der Waals surface area contributed by atoms with E-state index in [0.29, 0.717) is 39.0 Å². The molecule has 0 aromatic rings. The summed E-state index contributed by atoms with van der Waals surface area (Å²) < 4.78 is 0. The van der Waals surface area contributed by atoms with E-state index in [0.717, 1.165) is 12.2 Å². The second kappa shape index (κ2) is 6.27. The molecule has 0 aromatic heterocycles. The Balaban J connectivity index is 1.79. The number of nitrogens with zero attached hydrogens (tertiary/aromatic N) is 2. The first-order valence-corrected chi connectivity index (χ1v) is 7.49. The number of likely N-dealkylation sites (tertiary alicyclic amines) is 1. The Labute approximate surface area is 116 Å². The van der Waals surface area contributed by atoms with Crippen molar-refractivity contribution in [3.63, 3.8) is 0 Å². The van der Waals surface area contributed by atoms with Crippen LogP contribution in [-0.2, 0) is 9.59 Å². The Morgan fingerprint density at radius 2 is 2.16 bits per heavy atom. The number of carbonyl (C=O) groups is 3. The third-order valence-corrected chi connectivity index (χ3v) is 4.46. The molecule has 106 valence electrons. The summed E-state index contributed by atoms with van der Waals surface area (Å²) in [4.78, 5) is 37.7. The van der Waals surface area contributed by atoms with Crippen molar-refractivity contribution < 1.29 is 19.5 Å². The standard InChI is InChI=1S/C12H18N2O4S/c15-10(3-5-13-6-7-19-12(13)18)14-4-1-2-9(8-14)11(16)17/h9H,1-8H2,(H,16,17). The predicted octanol–water partition coefficient (Wildman–Crippen LogP) is 0.869. The molecule has 2 heterocycles. The molecule has 1 atom stereocenters. The third-order valence-electron chi connectivity index (χ3n) is 3.56. The van der Waals surface area contributed by atoms with Crippen LogP contribution in [0.2, 0.25) is 0 Å². The molecule has 6 nitrogen and oxygen atoms in total. The van der Waals surface area contributed by atoms with Crippen molar-refractivity contribution in [3.8, 4) is 0 Å². The topological polar surface area (TPSA) is 77.9 Å². The number of piperidine rings is 1. The van der Waals surface area contributed by atoms with E-state index in [-0.39, 0.29) is 11.1 Å². The lowest BCUT2D eigenvalue weighted by molar-refractivity contribution is -0.145. The van der Waals surface area contributed by atoms with Gasteiger partial charge in [0.2, 0.25) is 5.91 Å². The molecule has 0 aliphatic carbocycles. The summed E-state index contributed by atoms with van der Waals surface area (Å²) in [5.41, 5.74) is 0. The minimum absolute atomic E-state index is 0.0369. The van der Waals surface area contributed by atoms with Crippen molar-refractivity contribution in [1.29, 1.82) is 0 Å². The van der Waals surface area contributed by atoms with Crippen LogP contribution >= 0.6 is 11.8 Å². The predicted molar refractivity (Wildman–Crippen MR) is 71.0 cm³/mol. The van der Waals surface area contributed by atoms with E-state index in [4.69, 9.17) is 5.11 Å². The number of carboxylic acid groups (broad SMARTS) is 1. The molecule has 7 heteroatoms. The van der Waals surface area contributed by atoms with E-state index < -0.39 is 11.9 Å². The molecule has 1 N–H and O–H groups in total. The summed E-state index contributed by atoms with van der Waals surface area (Å²) in [6.07, 6.45) is 1.67. The third kappa shape index (κ3) is 3.62. The first kappa shape index (κ1) is 14.2. The number of carboxylic acids is 1. The van der Waals surface area contributed by atoms with Gasteiger partial charge in [-0.05, 0) is 12.8 Å². The molecule has 2 amide bonds. The second-order valence-electron chi connectivity index (χ2n) is 4.87. The molecular formula is C12H18N2O4S. The number of hydrogen-bond acceptors (Lipinski definition) is 4. The summed E-state index contributed by atoms with van der Waals surface area (Å²) in [7, 11) is 0. The second-order valence-corrected chi connectivity index (χ2v) is 5.91. The lowest BCUT2D eigenvalue weighted by atomic mass is 9.98. The molecule has 2 rings (SSSR count). The smallest absolute Gasteiger partial charge is 0.308 e. The Morgan fingerprint density at radius 1 is 1.37 bits per heavy atom. The fraction of sp³-hybridized carbons (Fsp3) is 0.750. The zero-order valence-corrected chi connectivity index (χ0v) is 11.5. The summed E-state index contributed by atoms with van der Waals surface area (Å²) >= 11 is 1.28. The molecule has 0 bridgehead atoms. The maximum absolute atomic E-state index is 12.0. The Hall–Kier alpha value is -1.24. The van der Waals surface area contributed by atoms with Crippen LogP contribution in [0.25, 0.3) is 0 Å². The Bertz CT molecular complexity index is 388. The van der Waals surface area contributed by atoms with Gasteiger partial charge in [-0.1, -0.05) is 11.8 Å². The molecule has 0 aromatic carbocycles. The molecule has 1 unspecified atom stereocenters. The minimum Gasteiger partial charge on any atom is -0.481 e. The highest BCUT2D eigenvalue weighted by Crippen LogP contribution is 2.19. The zero-order chi connectivity index (χ0) is 13.8. The van der Waals surface area contributed by atoms with Crippen molar-refractivity contribution in [2.75, 3.05) is 31.9 Å². The van der Waals surface area contributed by atoms with Crippen LogP contribution in [0.4, 0.5) is 4.79 Å². The van der Waals surface area contributed by atoms with Crippen molar-refractivity contribution in [2.45, 2.75) is 19.3 Å². The first-order valence-electron chi connectivity index (χ1n) is 6.50. The number of amides is 2. The molecule has 2 aliphatic rings. The summed E-state index contributed by atoms with van der Waals surface area (Å²) in [5, 5.41) is 9.02. The van der Waals surface area contributed by atoms with Crippen LogP contribution in [0.1, 0.15) is 19.3 Å². The maximum atomic E-state index is 12.0. The number of carbonyl (C=O) groups excluding carboxylic acids is 2. The normalized spacial score (nSPS) is 23.8. The molecule has 0 spiro atoms. The van der Waals surface area contributed by atoms with E-state index >= 15 is 0 Å². The fourth-order valence-electron chi connectivity index (χ4n) is 2.42. The molecule has 0 saturated carbocycles. The van der Waals surface area contributed by atoms with E-state index in [2.05, 4.69) is 0 Å². The van der Waals surface area contributed by atoms with E-state index in [1.165, 1.54) is 11.8 Å². The van der Waals surface area contributed by atoms with E-state index in [9.17, 15) is 14.4 Å². The van der Waals surface area contributed by atoms with Crippen molar-refractivity contribution in [2.24, 2.45) is 5.92 Å². The number of rotatable bonds is 4. The first-order chi connectivity index (χ1) is 9.08. The van der Waals surface area contributed by atoms with Crippen LogP contribution in [0.15, 0.2) is 0 Å². The number of thioether (sulfide) groups is 1. The Kier molecular flexibility index (Phi) is 4.68. The van der Waals surface area contributed by atoms with Gasteiger partial charge in [0, 0.05) is 38.4 Å². The monoisotopic (exact) mass is 286 g/mol. The van der Waals surface area contributed by atoms with Gasteiger partial charge in [0.25, 0.3) is 5.24 Å². The van der Waals surface area contributed by atoms with Crippen molar-refractivity contribution >= 4 is 28.9 Å². The SMILES string of the molecule is O=C(O)C1CCCN(C(=O)CCN2CCSC2=O)C1. The fourth-order valence-corrected chi connectivity index (χ4v) is 3.27. The molecule has 2 fully saturated rings. The van der Waals surface area contributed by atoms with Gasteiger partial charge in [0.15, 0.2) is 0 Å². The zero-order valence-electron chi connectivity index (χ0n) is 10.7. The van der Waals surface area contributed by atoms with Gasteiger partial charge in [-0.3, -0.25) is 14.4 Å². The quantitative estimate of drug-likeness (QED) is 0.829. The van der Waals surface area contributed by atoms with Crippen LogP contribution < -0.4 is 0 Å². The molecule has 2 aliphatic heterocycles. The number of aliphatic carboxylic acids is 1. The van der Waals surface area contributed by atoms with Crippen LogP contribution in [0, 0.1) is 5.92 Å². The van der Waals surface area contributed by atoms with Crippen LogP contribution in [0.3, 0.4) is 0 Å². The lowest BCUT2D eigenvalue weighted by Crippen LogP contribution is -2.43. The Morgan fingerprint density at radius 3 is 2.79 bits per heavy atom. The molecule has 2 saturated heterocycles. The van der Waals surface area contributed by atoms with Gasteiger partial charge in [0.05, 0.1) is 5.92 Å².